The molecule has 28 heavy (non-hydrogen) atoms. The lowest BCUT2D eigenvalue weighted by Gasteiger charge is -2.23. The predicted molar refractivity (Wildman–Crippen MR) is 112 cm³/mol. The fourth-order valence-electron chi connectivity index (χ4n) is 2.76. The van der Waals surface area contributed by atoms with E-state index in [4.69, 9.17) is 21.1 Å². The van der Waals surface area contributed by atoms with E-state index in [-0.39, 0.29) is 29.4 Å². The lowest BCUT2D eigenvalue weighted by molar-refractivity contribution is 0.185. The highest BCUT2D eigenvalue weighted by atomic mass is 16.5. The number of nitrogens with zero attached hydrogens (tertiary/aromatic N) is 4. The highest BCUT2D eigenvalue weighted by molar-refractivity contribution is 6.41. The fraction of sp³-hybridized carbons (Fsp3) is 0.667. The second-order valence-electron chi connectivity index (χ2n) is 8.19. The lowest BCUT2D eigenvalue weighted by atomic mass is 9.99. The van der Waals surface area contributed by atoms with Crippen LogP contribution in [0.4, 0.5) is 17.3 Å². The van der Waals surface area contributed by atoms with Crippen LogP contribution >= 0.6 is 0 Å². The van der Waals surface area contributed by atoms with E-state index in [0.717, 1.165) is 19.5 Å². The van der Waals surface area contributed by atoms with Crippen LogP contribution < -0.4 is 26.0 Å². The quantitative estimate of drug-likeness (QED) is 0.255. The van der Waals surface area contributed by atoms with Gasteiger partial charge in [-0.05, 0) is 25.8 Å². The maximum atomic E-state index is 9.06. The van der Waals surface area contributed by atoms with Gasteiger partial charge in [0.2, 0.25) is 0 Å². The summed E-state index contributed by atoms with van der Waals surface area (Å²) in [4.78, 5) is 11.0. The fourth-order valence-corrected chi connectivity index (χ4v) is 2.76. The summed E-state index contributed by atoms with van der Waals surface area (Å²) in [6.45, 7) is 9.94. The molecule has 6 N–H and O–H groups in total. The molecule has 10 nitrogen and oxygen atoms in total. The minimum Gasteiger partial charge on any atom is -0.463 e. The molecule has 1 atom stereocenters. The first-order valence-corrected chi connectivity index (χ1v) is 9.37. The Morgan fingerprint density at radius 2 is 2.14 bits per heavy atom. The van der Waals surface area contributed by atoms with Crippen LogP contribution in [0.15, 0.2) is 5.16 Å². The molecule has 0 aromatic carbocycles. The summed E-state index contributed by atoms with van der Waals surface area (Å²) in [5.74, 6) is 1.01. The van der Waals surface area contributed by atoms with E-state index in [1.165, 1.54) is 0 Å². The molecule has 1 unspecified atom stereocenters. The van der Waals surface area contributed by atoms with Gasteiger partial charge in [0.25, 0.3) is 0 Å². The first-order chi connectivity index (χ1) is 13.1. The van der Waals surface area contributed by atoms with Crippen LogP contribution in [-0.2, 0) is 0 Å². The predicted octanol–water partition coefficient (Wildman–Crippen LogP) is 1.56. The molecule has 1 aliphatic rings. The van der Waals surface area contributed by atoms with E-state index >= 15 is 0 Å². The normalized spacial score (nSPS) is 17.7. The number of nitrogens with one attached hydrogen (secondary N) is 3. The average molecular weight is 393 g/mol. The molecule has 1 aromatic rings. The smallest absolute Gasteiger partial charge is 0.320 e. The van der Waals surface area contributed by atoms with Crippen molar-refractivity contribution < 1.29 is 9.94 Å². The Morgan fingerprint density at radius 1 is 1.43 bits per heavy atom. The van der Waals surface area contributed by atoms with E-state index in [9.17, 15) is 0 Å². The van der Waals surface area contributed by atoms with Gasteiger partial charge in [0.15, 0.2) is 11.6 Å². The van der Waals surface area contributed by atoms with Crippen molar-refractivity contribution >= 4 is 28.7 Å². The van der Waals surface area contributed by atoms with E-state index in [0.29, 0.717) is 30.0 Å². The molecule has 0 amide bonds. The Hall–Kier alpha value is -2.62. The second-order valence-corrected chi connectivity index (χ2v) is 8.19. The molecule has 1 saturated heterocycles. The van der Waals surface area contributed by atoms with Crippen molar-refractivity contribution in [2.45, 2.75) is 40.2 Å². The van der Waals surface area contributed by atoms with Crippen LogP contribution in [0.5, 0.6) is 6.01 Å². The van der Waals surface area contributed by atoms with Crippen molar-refractivity contribution in [3.05, 3.63) is 0 Å². The number of ether oxygens (including phenoxy) is 1. The Morgan fingerprint density at radius 3 is 2.68 bits per heavy atom. The average Bonchev–Trinajstić information content (AvgIpc) is 3.10. The third-order valence-electron chi connectivity index (χ3n) is 4.41. The molecule has 1 aromatic heterocycles. The summed E-state index contributed by atoms with van der Waals surface area (Å²) in [5, 5.41) is 26.2. The van der Waals surface area contributed by atoms with E-state index < -0.39 is 0 Å². The van der Waals surface area contributed by atoms with Crippen LogP contribution in [0.3, 0.4) is 0 Å². The Bertz CT molecular complexity index is 729. The van der Waals surface area contributed by atoms with Gasteiger partial charge in [-0.25, -0.2) is 0 Å². The van der Waals surface area contributed by atoms with E-state index in [2.05, 4.69) is 51.4 Å². The molecular formula is C18H32N8O2. The largest absolute Gasteiger partial charge is 0.463 e. The zero-order valence-corrected chi connectivity index (χ0v) is 17.3. The molecule has 0 saturated carbocycles. The van der Waals surface area contributed by atoms with Crippen LogP contribution in [0.25, 0.3) is 0 Å². The summed E-state index contributed by atoms with van der Waals surface area (Å²) in [6, 6.07) is 0.613. The Kier molecular flexibility index (Phi) is 7.00. The van der Waals surface area contributed by atoms with Gasteiger partial charge in [0, 0.05) is 19.1 Å². The third kappa shape index (κ3) is 5.69. The number of rotatable bonds is 8. The van der Waals surface area contributed by atoms with Gasteiger partial charge in [-0.1, -0.05) is 25.9 Å². The number of hydrogen-bond acceptors (Lipinski definition) is 10. The number of nitrogens with two attached hydrogens (primary N) is 1. The van der Waals surface area contributed by atoms with Gasteiger partial charge in [-0.2, -0.15) is 9.97 Å². The first-order valence-electron chi connectivity index (χ1n) is 9.37. The molecule has 0 aliphatic carbocycles. The molecule has 10 heteroatoms. The summed E-state index contributed by atoms with van der Waals surface area (Å²) in [5.41, 5.74) is 7.06. The van der Waals surface area contributed by atoms with Crippen molar-refractivity contribution in [1.82, 2.24) is 15.3 Å². The summed E-state index contributed by atoms with van der Waals surface area (Å²) in [7, 11) is 1.94. The highest BCUT2D eigenvalue weighted by Gasteiger charge is 2.26. The number of nitrogen functional groups attached to an aromatic ring is 1. The first kappa shape index (κ1) is 21.7. The zero-order chi connectivity index (χ0) is 20.9. The van der Waals surface area contributed by atoms with Crippen molar-refractivity contribution in [3.63, 3.8) is 0 Å². The Balaban J connectivity index is 2.31. The molecule has 0 radical (unpaired) electrons. The molecule has 2 heterocycles. The summed E-state index contributed by atoms with van der Waals surface area (Å²) in [6.07, 6.45) is 0.995. The van der Waals surface area contributed by atoms with Crippen LogP contribution in [0.1, 0.15) is 34.1 Å². The maximum Gasteiger partial charge on any atom is 0.320 e. The minimum atomic E-state index is -0.0443. The summed E-state index contributed by atoms with van der Waals surface area (Å²) < 4.78 is 5.82. The van der Waals surface area contributed by atoms with Gasteiger partial charge >= 0.3 is 6.01 Å². The van der Waals surface area contributed by atoms with Gasteiger partial charge in [-0.15, -0.1) is 0 Å². The molecule has 0 bridgehead atoms. The molecule has 0 spiro atoms. The van der Waals surface area contributed by atoms with Gasteiger partial charge in [0.1, 0.15) is 11.4 Å². The van der Waals surface area contributed by atoms with Gasteiger partial charge in [0.05, 0.1) is 18.9 Å². The van der Waals surface area contributed by atoms with E-state index in [1.54, 1.807) is 6.92 Å². The molecule has 156 valence electrons. The molecule has 1 aliphatic heterocycles. The van der Waals surface area contributed by atoms with Crippen LogP contribution in [0.2, 0.25) is 0 Å². The minimum absolute atomic E-state index is 0.0443. The van der Waals surface area contributed by atoms with Crippen molar-refractivity contribution in [2.75, 3.05) is 49.2 Å². The Labute approximate surface area is 166 Å². The van der Waals surface area contributed by atoms with Crippen molar-refractivity contribution in [1.29, 1.82) is 5.41 Å². The number of anilines is 3. The molecular weight excluding hydrogens is 360 g/mol. The second kappa shape index (κ2) is 9.05. The van der Waals surface area contributed by atoms with Gasteiger partial charge in [-0.3, -0.25) is 0 Å². The van der Waals surface area contributed by atoms with E-state index in [1.807, 2.05) is 7.05 Å². The maximum absolute atomic E-state index is 9.06. The van der Waals surface area contributed by atoms with Gasteiger partial charge < -0.3 is 36.6 Å². The zero-order valence-electron chi connectivity index (χ0n) is 17.3. The van der Waals surface area contributed by atoms with Crippen molar-refractivity contribution in [3.8, 4) is 6.01 Å². The number of aromatic nitrogens is 2. The standard InChI is InChI=1S/C18H32N8O2/c1-11(19)13(25-27)8-22-15-14(20)16(26-7-6-12(9-26)21-5)24-17(23-15)28-10-18(2,3)4/h12,19,21,27H,6-10,20H2,1-5H3,(H,22,23,24)/b19-11?,25-13-. The van der Waals surface area contributed by atoms with Crippen molar-refractivity contribution in [2.24, 2.45) is 10.6 Å². The highest BCUT2D eigenvalue weighted by Crippen LogP contribution is 2.32. The third-order valence-corrected chi connectivity index (χ3v) is 4.41. The number of hydrogen-bond donors (Lipinski definition) is 5. The number of oxime groups is 1. The molecule has 1 fully saturated rings. The monoisotopic (exact) mass is 392 g/mol. The van der Waals surface area contributed by atoms with Crippen LogP contribution in [0, 0.1) is 10.8 Å². The SMILES string of the molecule is CNC1CCN(c2nc(OCC(C)(C)C)nc(NC/C(=N/O)C(C)=N)c2N)C1. The summed E-state index contributed by atoms with van der Waals surface area (Å²) >= 11 is 0. The number of likely N-dealkylation sites (N-methyl/N-ethyl adjacent to an activating group) is 1. The lowest BCUT2D eigenvalue weighted by Crippen LogP contribution is -2.31. The van der Waals surface area contributed by atoms with Crippen LogP contribution in [-0.4, -0.2) is 65.9 Å². The molecule has 2 rings (SSSR count). The topological polar surface area (TPSA) is 145 Å².